The highest BCUT2D eigenvalue weighted by Gasteiger charge is 2.05. The fourth-order valence-corrected chi connectivity index (χ4v) is 2.27. The van der Waals surface area contributed by atoms with Crippen LogP contribution in [0.25, 0.3) is 0 Å². The molecule has 0 aliphatic rings. The van der Waals surface area contributed by atoms with Crippen LogP contribution in [0.15, 0.2) is 30.3 Å². The molecule has 0 aliphatic heterocycles. The highest BCUT2D eigenvalue weighted by molar-refractivity contribution is 6.33. The summed E-state index contributed by atoms with van der Waals surface area (Å²) >= 11 is 6.11. The van der Waals surface area contributed by atoms with Crippen LogP contribution in [0.3, 0.4) is 0 Å². The van der Waals surface area contributed by atoms with Crippen LogP contribution in [0.1, 0.15) is 25.2 Å². The molecule has 0 spiro atoms. The molecule has 0 radical (unpaired) electrons. The first-order valence-electron chi connectivity index (χ1n) is 6.78. The molecule has 0 fully saturated rings. The van der Waals surface area contributed by atoms with Gasteiger partial charge in [-0.2, -0.15) is 5.10 Å². The summed E-state index contributed by atoms with van der Waals surface area (Å²) in [6.07, 6.45) is 2.00. The van der Waals surface area contributed by atoms with E-state index >= 15 is 0 Å². The molecule has 0 unspecified atom stereocenters. The summed E-state index contributed by atoms with van der Waals surface area (Å²) < 4.78 is 2.09. The average molecular weight is 278 g/mol. The second kappa shape index (κ2) is 6.62. The zero-order chi connectivity index (χ0) is 13.7. The van der Waals surface area contributed by atoms with E-state index < -0.39 is 0 Å². The number of benzene rings is 1. The number of para-hydroxylation sites is 1. The van der Waals surface area contributed by atoms with E-state index in [1.54, 1.807) is 0 Å². The third-order valence-corrected chi connectivity index (χ3v) is 3.48. The second-order valence-corrected chi connectivity index (χ2v) is 4.87. The number of hydrogen-bond donors (Lipinski definition) is 1. The van der Waals surface area contributed by atoms with Crippen molar-refractivity contribution in [3.8, 4) is 0 Å². The summed E-state index contributed by atoms with van der Waals surface area (Å²) in [5, 5.41) is 8.70. The molecular formula is C15H20ClN3. The summed E-state index contributed by atoms with van der Waals surface area (Å²) in [5.74, 6) is 0. The van der Waals surface area contributed by atoms with Gasteiger partial charge < -0.3 is 5.32 Å². The fourth-order valence-electron chi connectivity index (χ4n) is 2.07. The van der Waals surface area contributed by atoms with Gasteiger partial charge in [0.1, 0.15) is 0 Å². The van der Waals surface area contributed by atoms with Gasteiger partial charge in [-0.15, -0.1) is 0 Å². The summed E-state index contributed by atoms with van der Waals surface area (Å²) in [4.78, 5) is 0. The molecule has 2 rings (SSSR count). The van der Waals surface area contributed by atoms with Gasteiger partial charge in [0.05, 0.1) is 22.9 Å². The molecule has 0 bridgehead atoms. The van der Waals surface area contributed by atoms with Crippen molar-refractivity contribution in [2.75, 3.05) is 11.9 Å². The standard InChI is InChI=1S/C15H20ClN3/c1-3-12-11-13(4-2)19(18-12)10-9-17-15-8-6-5-7-14(15)16/h5-8,11,17H,3-4,9-10H2,1-2H3. The van der Waals surface area contributed by atoms with Gasteiger partial charge >= 0.3 is 0 Å². The van der Waals surface area contributed by atoms with Crippen LogP contribution in [0, 0.1) is 0 Å². The maximum absolute atomic E-state index is 6.11. The highest BCUT2D eigenvalue weighted by Crippen LogP contribution is 2.20. The average Bonchev–Trinajstić information content (AvgIpc) is 2.83. The Hall–Kier alpha value is -1.48. The number of nitrogens with zero attached hydrogens (tertiary/aromatic N) is 2. The van der Waals surface area contributed by atoms with E-state index in [4.69, 9.17) is 11.6 Å². The Kier molecular flexibility index (Phi) is 4.86. The van der Waals surface area contributed by atoms with Crippen molar-refractivity contribution in [1.29, 1.82) is 0 Å². The van der Waals surface area contributed by atoms with Gasteiger partial charge in [0.25, 0.3) is 0 Å². The molecular weight excluding hydrogens is 258 g/mol. The van der Waals surface area contributed by atoms with E-state index in [9.17, 15) is 0 Å². The van der Waals surface area contributed by atoms with Gasteiger partial charge in [-0.05, 0) is 31.0 Å². The monoisotopic (exact) mass is 277 g/mol. The van der Waals surface area contributed by atoms with Crippen molar-refractivity contribution >= 4 is 17.3 Å². The van der Waals surface area contributed by atoms with Gasteiger partial charge in [0.15, 0.2) is 0 Å². The smallest absolute Gasteiger partial charge is 0.0637 e. The van der Waals surface area contributed by atoms with E-state index in [1.165, 1.54) is 5.69 Å². The molecule has 1 aromatic carbocycles. The normalized spacial score (nSPS) is 10.7. The van der Waals surface area contributed by atoms with E-state index in [0.29, 0.717) is 0 Å². The molecule has 0 saturated carbocycles. The van der Waals surface area contributed by atoms with E-state index in [2.05, 4.69) is 35.0 Å². The first kappa shape index (κ1) is 13.9. The van der Waals surface area contributed by atoms with Gasteiger partial charge in [0.2, 0.25) is 0 Å². The van der Waals surface area contributed by atoms with Gasteiger partial charge in [-0.25, -0.2) is 0 Å². The lowest BCUT2D eigenvalue weighted by Gasteiger charge is -2.09. The summed E-state index contributed by atoms with van der Waals surface area (Å²) in [7, 11) is 0. The van der Waals surface area contributed by atoms with Crippen molar-refractivity contribution < 1.29 is 0 Å². The number of aromatic nitrogens is 2. The third-order valence-electron chi connectivity index (χ3n) is 3.15. The predicted molar refractivity (Wildman–Crippen MR) is 80.9 cm³/mol. The maximum Gasteiger partial charge on any atom is 0.0637 e. The largest absolute Gasteiger partial charge is 0.382 e. The van der Waals surface area contributed by atoms with E-state index in [0.717, 1.165) is 42.3 Å². The Labute approximate surface area is 119 Å². The molecule has 19 heavy (non-hydrogen) atoms. The number of anilines is 1. The lowest BCUT2D eigenvalue weighted by Crippen LogP contribution is -2.14. The maximum atomic E-state index is 6.11. The summed E-state index contributed by atoms with van der Waals surface area (Å²) in [6.45, 7) is 5.97. The minimum atomic E-state index is 0.757. The molecule has 0 amide bonds. The number of rotatable bonds is 6. The van der Waals surface area contributed by atoms with Crippen molar-refractivity contribution in [2.24, 2.45) is 0 Å². The molecule has 0 atom stereocenters. The molecule has 0 saturated heterocycles. The molecule has 4 heteroatoms. The number of halogens is 1. The Morgan fingerprint density at radius 2 is 2.00 bits per heavy atom. The SMILES string of the molecule is CCc1cc(CC)n(CCNc2ccccc2Cl)n1. The Morgan fingerprint density at radius 1 is 1.21 bits per heavy atom. The van der Waals surface area contributed by atoms with Crippen LogP contribution in [-0.4, -0.2) is 16.3 Å². The number of hydrogen-bond acceptors (Lipinski definition) is 2. The van der Waals surface area contributed by atoms with Crippen LogP contribution in [0.5, 0.6) is 0 Å². The topological polar surface area (TPSA) is 29.9 Å². The fraction of sp³-hybridized carbons (Fsp3) is 0.400. The van der Waals surface area contributed by atoms with Crippen molar-refractivity contribution in [1.82, 2.24) is 9.78 Å². The quantitative estimate of drug-likeness (QED) is 0.871. The molecule has 1 aromatic heterocycles. The Morgan fingerprint density at radius 3 is 2.68 bits per heavy atom. The van der Waals surface area contributed by atoms with Gasteiger partial charge in [-0.1, -0.05) is 37.6 Å². The van der Waals surface area contributed by atoms with Crippen LogP contribution in [0.2, 0.25) is 5.02 Å². The minimum Gasteiger partial charge on any atom is -0.382 e. The lowest BCUT2D eigenvalue weighted by molar-refractivity contribution is 0.600. The van der Waals surface area contributed by atoms with Gasteiger partial charge in [-0.3, -0.25) is 4.68 Å². The Balaban J connectivity index is 1.96. The van der Waals surface area contributed by atoms with Crippen LogP contribution >= 0.6 is 11.6 Å². The number of nitrogens with one attached hydrogen (secondary N) is 1. The minimum absolute atomic E-state index is 0.757. The first-order chi connectivity index (χ1) is 9.24. The summed E-state index contributed by atoms with van der Waals surface area (Å²) in [5.41, 5.74) is 3.43. The van der Waals surface area contributed by atoms with Crippen molar-refractivity contribution in [2.45, 2.75) is 33.2 Å². The second-order valence-electron chi connectivity index (χ2n) is 4.46. The Bertz CT molecular complexity index is 534. The molecule has 1 N–H and O–H groups in total. The molecule has 102 valence electrons. The van der Waals surface area contributed by atoms with Crippen molar-refractivity contribution in [3.63, 3.8) is 0 Å². The van der Waals surface area contributed by atoms with E-state index in [-0.39, 0.29) is 0 Å². The molecule has 1 heterocycles. The number of aryl methyl sites for hydroxylation is 2. The van der Waals surface area contributed by atoms with Crippen LogP contribution in [-0.2, 0) is 19.4 Å². The molecule has 2 aromatic rings. The van der Waals surface area contributed by atoms with Crippen molar-refractivity contribution in [3.05, 3.63) is 46.7 Å². The van der Waals surface area contributed by atoms with Crippen LogP contribution in [0.4, 0.5) is 5.69 Å². The molecule has 0 aliphatic carbocycles. The zero-order valence-electron chi connectivity index (χ0n) is 11.5. The van der Waals surface area contributed by atoms with Gasteiger partial charge in [0, 0.05) is 12.2 Å². The predicted octanol–water partition coefficient (Wildman–Crippen LogP) is 3.77. The lowest BCUT2D eigenvalue weighted by atomic mass is 10.2. The highest BCUT2D eigenvalue weighted by atomic mass is 35.5. The summed E-state index contributed by atoms with van der Waals surface area (Å²) in [6, 6.07) is 9.99. The zero-order valence-corrected chi connectivity index (χ0v) is 12.2. The molecule has 3 nitrogen and oxygen atoms in total. The van der Waals surface area contributed by atoms with E-state index in [1.807, 2.05) is 24.3 Å². The van der Waals surface area contributed by atoms with Crippen LogP contribution < -0.4 is 5.32 Å². The third kappa shape index (κ3) is 3.51. The first-order valence-corrected chi connectivity index (χ1v) is 7.16.